The highest BCUT2D eigenvalue weighted by Gasteiger charge is 2.10. The second-order valence-electron chi connectivity index (χ2n) is 4.76. The smallest absolute Gasteiger partial charge is 0.238 e. The molecule has 1 N–H and O–H groups in total. The van der Waals surface area contributed by atoms with E-state index in [1.807, 2.05) is 37.1 Å². The molecule has 0 radical (unpaired) electrons. The van der Waals surface area contributed by atoms with Crippen molar-refractivity contribution in [2.75, 3.05) is 18.9 Å². The number of halogens is 1. The Labute approximate surface area is 123 Å². The lowest BCUT2D eigenvalue weighted by molar-refractivity contribution is -0.117. The topological polar surface area (TPSA) is 45.5 Å². The minimum Gasteiger partial charge on any atom is -0.468 e. The highest BCUT2D eigenvalue weighted by molar-refractivity contribution is 6.31. The number of nitrogens with one attached hydrogen (secondary N) is 1. The zero-order valence-corrected chi connectivity index (χ0v) is 12.3. The number of likely N-dealkylation sites (N-methyl/N-ethyl adjacent to an activating group) is 1. The number of rotatable bonds is 5. The fourth-order valence-electron chi connectivity index (χ4n) is 1.89. The lowest BCUT2D eigenvalue weighted by Crippen LogP contribution is -2.29. The van der Waals surface area contributed by atoms with Gasteiger partial charge in [-0.3, -0.25) is 9.69 Å². The summed E-state index contributed by atoms with van der Waals surface area (Å²) < 4.78 is 5.25. The average Bonchev–Trinajstić information content (AvgIpc) is 2.86. The van der Waals surface area contributed by atoms with Crippen molar-refractivity contribution >= 4 is 23.2 Å². The highest BCUT2D eigenvalue weighted by Crippen LogP contribution is 2.20. The quantitative estimate of drug-likeness (QED) is 0.919. The van der Waals surface area contributed by atoms with Gasteiger partial charge in [0, 0.05) is 10.7 Å². The molecule has 0 spiro atoms. The van der Waals surface area contributed by atoms with Crippen molar-refractivity contribution in [3.8, 4) is 0 Å². The first-order valence-corrected chi connectivity index (χ1v) is 6.69. The van der Waals surface area contributed by atoms with E-state index in [9.17, 15) is 4.79 Å². The van der Waals surface area contributed by atoms with Crippen molar-refractivity contribution in [2.24, 2.45) is 0 Å². The molecule has 0 aliphatic heterocycles. The van der Waals surface area contributed by atoms with E-state index < -0.39 is 0 Å². The number of carbonyl (C=O) groups is 1. The number of nitrogens with zero attached hydrogens (tertiary/aromatic N) is 1. The Morgan fingerprint density at radius 1 is 1.40 bits per heavy atom. The first-order chi connectivity index (χ1) is 9.54. The van der Waals surface area contributed by atoms with Crippen molar-refractivity contribution < 1.29 is 9.21 Å². The zero-order chi connectivity index (χ0) is 14.5. The number of amides is 1. The molecule has 0 bridgehead atoms. The maximum atomic E-state index is 12.0. The van der Waals surface area contributed by atoms with Crippen LogP contribution >= 0.6 is 11.6 Å². The first-order valence-electron chi connectivity index (χ1n) is 6.31. The molecule has 0 atom stereocenters. The van der Waals surface area contributed by atoms with Gasteiger partial charge in [0.1, 0.15) is 5.76 Å². The molecule has 1 aromatic carbocycles. The third-order valence-corrected chi connectivity index (χ3v) is 3.13. The van der Waals surface area contributed by atoms with Gasteiger partial charge in [-0.05, 0) is 43.8 Å². The van der Waals surface area contributed by atoms with Gasteiger partial charge in [0.25, 0.3) is 0 Å². The van der Waals surface area contributed by atoms with Crippen molar-refractivity contribution in [3.05, 3.63) is 52.9 Å². The molecule has 20 heavy (non-hydrogen) atoms. The molecular weight excluding hydrogens is 276 g/mol. The lowest BCUT2D eigenvalue weighted by atomic mass is 10.2. The van der Waals surface area contributed by atoms with Crippen molar-refractivity contribution in [1.29, 1.82) is 0 Å². The molecule has 0 fully saturated rings. The van der Waals surface area contributed by atoms with Gasteiger partial charge in [0.15, 0.2) is 0 Å². The summed E-state index contributed by atoms with van der Waals surface area (Å²) in [7, 11) is 1.87. The summed E-state index contributed by atoms with van der Waals surface area (Å²) in [5, 5.41) is 3.47. The lowest BCUT2D eigenvalue weighted by Gasteiger charge is -2.15. The Bertz CT molecular complexity index is 582. The average molecular weight is 293 g/mol. The largest absolute Gasteiger partial charge is 0.468 e. The highest BCUT2D eigenvalue weighted by atomic mass is 35.5. The SMILES string of the molecule is Cc1ccc(Cl)cc1NC(=O)CN(C)Cc1ccco1. The summed E-state index contributed by atoms with van der Waals surface area (Å²) in [5.74, 6) is 0.753. The predicted molar refractivity (Wildman–Crippen MR) is 79.9 cm³/mol. The molecular formula is C15H17ClN2O2. The van der Waals surface area contributed by atoms with E-state index in [0.29, 0.717) is 11.6 Å². The first kappa shape index (κ1) is 14.6. The Morgan fingerprint density at radius 2 is 2.20 bits per heavy atom. The van der Waals surface area contributed by atoms with Crippen molar-refractivity contribution in [3.63, 3.8) is 0 Å². The van der Waals surface area contributed by atoms with Gasteiger partial charge in [-0.25, -0.2) is 0 Å². The molecule has 2 rings (SSSR count). The zero-order valence-electron chi connectivity index (χ0n) is 11.5. The van der Waals surface area contributed by atoms with E-state index in [4.69, 9.17) is 16.0 Å². The minimum atomic E-state index is -0.0792. The molecule has 0 unspecified atom stereocenters. The van der Waals surface area contributed by atoms with Crippen LogP contribution in [0.1, 0.15) is 11.3 Å². The van der Waals surface area contributed by atoms with Gasteiger partial charge >= 0.3 is 0 Å². The number of aryl methyl sites for hydroxylation is 1. The van der Waals surface area contributed by atoms with Gasteiger partial charge in [-0.2, -0.15) is 0 Å². The van der Waals surface area contributed by atoms with Gasteiger partial charge in [0.2, 0.25) is 5.91 Å². The molecule has 2 aromatic rings. The van der Waals surface area contributed by atoms with E-state index >= 15 is 0 Å². The van der Waals surface area contributed by atoms with Crippen molar-refractivity contribution in [1.82, 2.24) is 4.90 Å². The van der Waals surface area contributed by atoms with E-state index in [1.165, 1.54) is 0 Å². The van der Waals surface area contributed by atoms with Gasteiger partial charge in [0.05, 0.1) is 19.4 Å². The maximum absolute atomic E-state index is 12.0. The van der Waals surface area contributed by atoms with Gasteiger partial charge in [-0.1, -0.05) is 17.7 Å². The van der Waals surface area contributed by atoms with Crippen LogP contribution < -0.4 is 5.32 Å². The number of furan rings is 1. The Morgan fingerprint density at radius 3 is 2.90 bits per heavy atom. The van der Waals surface area contributed by atoms with Crippen LogP contribution in [0, 0.1) is 6.92 Å². The normalized spacial score (nSPS) is 10.8. The Hall–Kier alpha value is -1.78. The monoisotopic (exact) mass is 292 g/mol. The number of hydrogen-bond acceptors (Lipinski definition) is 3. The third kappa shape index (κ3) is 4.11. The number of anilines is 1. The van der Waals surface area contributed by atoms with Crippen LogP contribution in [0.3, 0.4) is 0 Å². The number of hydrogen-bond donors (Lipinski definition) is 1. The molecule has 0 aliphatic rings. The van der Waals surface area contributed by atoms with Crippen LogP contribution in [0.2, 0.25) is 5.02 Å². The fourth-order valence-corrected chi connectivity index (χ4v) is 2.06. The van der Waals surface area contributed by atoms with E-state index in [2.05, 4.69) is 5.32 Å². The molecule has 0 saturated carbocycles. The van der Waals surface area contributed by atoms with Crippen molar-refractivity contribution in [2.45, 2.75) is 13.5 Å². The van der Waals surface area contributed by atoms with Crippen LogP contribution in [0.15, 0.2) is 41.0 Å². The third-order valence-electron chi connectivity index (χ3n) is 2.89. The van der Waals surface area contributed by atoms with Crippen LogP contribution in [0.25, 0.3) is 0 Å². The second kappa shape index (κ2) is 6.59. The van der Waals surface area contributed by atoms with E-state index in [-0.39, 0.29) is 12.5 Å². The molecule has 5 heteroatoms. The number of benzene rings is 1. The molecule has 1 aromatic heterocycles. The summed E-state index contributed by atoms with van der Waals surface area (Å²) in [6.07, 6.45) is 1.62. The summed E-state index contributed by atoms with van der Waals surface area (Å²) in [6, 6.07) is 9.15. The Balaban J connectivity index is 1.90. The fraction of sp³-hybridized carbons (Fsp3) is 0.267. The number of carbonyl (C=O) groups excluding carboxylic acids is 1. The van der Waals surface area contributed by atoms with Crippen LogP contribution in [-0.4, -0.2) is 24.4 Å². The molecule has 0 saturated heterocycles. The summed E-state index contributed by atoms with van der Waals surface area (Å²) in [4.78, 5) is 13.9. The second-order valence-corrected chi connectivity index (χ2v) is 5.20. The van der Waals surface area contributed by atoms with E-state index in [0.717, 1.165) is 17.0 Å². The molecule has 1 heterocycles. The maximum Gasteiger partial charge on any atom is 0.238 e. The predicted octanol–water partition coefficient (Wildman–Crippen LogP) is 3.31. The van der Waals surface area contributed by atoms with Gasteiger partial charge in [-0.15, -0.1) is 0 Å². The molecule has 0 aliphatic carbocycles. The molecule has 4 nitrogen and oxygen atoms in total. The van der Waals surface area contributed by atoms with Crippen LogP contribution in [0.4, 0.5) is 5.69 Å². The molecule has 106 valence electrons. The summed E-state index contributed by atoms with van der Waals surface area (Å²) in [6.45, 7) is 2.81. The van der Waals surface area contributed by atoms with Crippen LogP contribution in [-0.2, 0) is 11.3 Å². The Kier molecular flexibility index (Phi) is 4.82. The van der Waals surface area contributed by atoms with Crippen LogP contribution in [0.5, 0.6) is 0 Å². The van der Waals surface area contributed by atoms with Gasteiger partial charge < -0.3 is 9.73 Å². The van der Waals surface area contributed by atoms with E-state index in [1.54, 1.807) is 18.4 Å². The minimum absolute atomic E-state index is 0.0792. The summed E-state index contributed by atoms with van der Waals surface area (Å²) >= 11 is 5.93. The molecule has 1 amide bonds. The standard InChI is InChI=1S/C15H17ClN2O2/c1-11-5-6-12(16)8-14(11)17-15(19)10-18(2)9-13-4-3-7-20-13/h3-8H,9-10H2,1-2H3,(H,17,19). The summed E-state index contributed by atoms with van der Waals surface area (Å²) in [5.41, 5.74) is 1.73.